The number of carboxylic acid groups (broad SMARTS) is 1. The topological polar surface area (TPSA) is 83.5 Å². The van der Waals surface area contributed by atoms with Crippen molar-refractivity contribution in [3.05, 3.63) is 0 Å². The molecule has 0 unspecified atom stereocenters. The third-order valence-corrected chi connectivity index (χ3v) is 5.56. The van der Waals surface area contributed by atoms with Crippen molar-refractivity contribution >= 4 is 16.0 Å². The molecule has 0 aliphatic heterocycles. The molecule has 0 heterocycles. The molecule has 6 heteroatoms. The van der Waals surface area contributed by atoms with Gasteiger partial charge in [-0.25, -0.2) is 13.1 Å². The average Bonchev–Trinajstić information content (AvgIpc) is 2.62. The van der Waals surface area contributed by atoms with Crippen molar-refractivity contribution in [1.82, 2.24) is 4.72 Å². The molecule has 5 nitrogen and oxygen atoms in total. The summed E-state index contributed by atoms with van der Waals surface area (Å²) in [5, 5.41) is 9.23. The summed E-state index contributed by atoms with van der Waals surface area (Å²) in [6.07, 6.45) is 2.80. The summed E-state index contributed by atoms with van der Waals surface area (Å²) in [6, 6.07) is 0. The van der Waals surface area contributed by atoms with Crippen molar-refractivity contribution in [3.8, 4) is 0 Å². The number of sulfonamides is 1. The second-order valence-corrected chi connectivity index (χ2v) is 8.25. The first kappa shape index (κ1) is 14.4. The van der Waals surface area contributed by atoms with E-state index in [0.29, 0.717) is 12.8 Å². The number of carbonyl (C=O) groups is 1. The Kier molecular flexibility index (Phi) is 3.88. The number of hydrogen-bond acceptors (Lipinski definition) is 3. The Morgan fingerprint density at radius 1 is 1.29 bits per heavy atom. The Morgan fingerprint density at radius 2 is 1.76 bits per heavy atom. The standard InChI is InChI=1S/C11H21NO4S/c1-10(2,3)17(15,16)12-8-11(9(13)14)6-4-5-7-11/h12H,4-8H2,1-3H3,(H,13,14). The Balaban J connectivity index is 2.76. The molecule has 2 N–H and O–H groups in total. The molecule has 0 aromatic heterocycles. The highest BCUT2D eigenvalue weighted by Crippen LogP contribution is 2.38. The molecular formula is C11H21NO4S. The lowest BCUT2D eigenvalue weighted by Crippen LogP contribution is -2.46. The molecule has 0 bridgehead atoms. The van der Waals surface area contributed by atoms with Gasteiger partial charge in [0.25, 0.3) is 0 Å². The first-order valence-corrected chi connectivity index (χ1v) is 7.32. The van der Waals surface area contributed by atoms with E-state index in [9.17, 15) is 18.3 Å². The zero-order valence-corrected chi connectivity index (χ0v) is 11.4. The van der Waals surface area contributed by atoms with Crippen molar-refractivity contribution in [2.24, 2.45) is 5.41 Å². The van der Waals surface area contributed by atoms with Gasteiger partial charge in [0.1, 0.15) is 0 Å². The van der Waals surface area contributed by atoms with Gasteiger partial charge < -0.3 is 5.11 Å². The van der Waals surface area contributed by atoms with Gasteiger partial charge >= 0.3 is 5.97 Å². The summed E-state index contributed by atoms with van der Waals surface area (Å²) in [6.45, 7) is 4.79. The third kappa shape index (κ3) is 2.98. The minimum absolute atomic E-state index is 0.00192. The van der Waals surface area contributed by atoms with E-state index in [-0.39, 0.29) is 6.54 Å². The number of carboxylic acids is 1. The van der Waals surface area contributed by atoms with Crippen LogP contribution in [0.4, 0.5) is 0 Å². The van der Waals surface area contributed by atoms with E-state index in [1.165, 1.54) is 0 Å². The zero-order chi connectivity index (χ0) is 13.3. The molecule has 1 rings (SSSR count). The van der Waals surface area contributed by atoms with Crippen LogP contribution in [0.25, 0.3) is 0 Å². The fourth-order valence-electron chi connectivity index (χ4n) is 1.97. The minimum Gasteiger partial charge on any atom is -0.481 e. The van der Waals surface area contributed by atoms with Gasteiger partial charge in [-0.05, 0) is 33.6 Å². The number of hydrogen-bond donors (Lipinski definition) is 2. The lowest BCUT2D eigenvalue weighted by molar-refractivity contribution is -0.148. The Labute approximate surface area is 103 Å². The molecule has 0 aromatic carbocycles. The lowest BCUT2D eigenvalue weighted by atomic mass is 9.87. The Hall–Kier alpha value is -0.620. The molecule has 0 spiro atoms. The van der Waals surface area contributed by atoms with Gasteiger partial charge in [-0.1, -0.05) is 12.8 Å². The molecular weight excluding hydrogens is 242 g/mol. The van der Waals surface area contributed by atoms with Gasteiger partial charge in [-0.3, -0.25) is 4.79 Å². The van der Waals surface area contributed by atoms with Crippen molar-refractivity contribution in [3.63, 3.8) is 0 Å². The molecule has 0 radical (unpaired) electrons. The molecule has 1 aliphatic carbocycles. The van der Waals surface area contributed by atoms with E-state index in [1.807, 2.05) is 0 Å². The highest BCUT2D eigenvalue weighted by Gasteiger charge is 2.43. The lowest BCUT2D eigenvalue weighted by Gasteiger charge is -2.27. The molecule has 0 aromatic rings. The van der Waals surface area contributed by atoms with E-state index >= 15 is 0 Å². The number of rotatable bonds is 4. The van der Waals surface area contributed by atoms with Gasteiger partial charge in [-0.2, -0.15) is 0 Å². The highest BCUT2D eigenvalue weighted by molar-refractivity contribution is 7.90. The van der Waals surface area contributed by atoms with Crippen LogP contribution in [0.5, 0.6) is 0 Å². The van der Waals surface area contributed by atoms with Crippen LogP contribution in [-0.4, -0.2) is 30.8 Å². The smallest absolute Gasteiger partial charge is 0.310 e. The van der Waals surface area contributed by atoms with Crippen LogP contribution in [0.2, 0.25) is 0 Å². The van der Waals surface area contributed by atoms with Crippen LogP contribution in [0.3, 0.4) is 0 Å². The molecule has 1 saturated carbocycles. The monoisotopic (exact) mass is 263 g/mol. The van der Waals surface area contributed by atoms with Gasteiger partial charge in [0.15, 0.2) is 0 Å². The molecule has 100 valence electrons. The maximum Gasteiger partial charge on any atom is 0.310 e. The second-order valence-electron chi connectivity index (χ2n) is 5.73. The van der Waals surface area contributed by atoms with Crippen molar-refractivity contribution in [1.29, 1.82) is 0 Å². The zero-order valence-electron chi connectivity index (χ0n) is 10.6. The summed E-state index contributed by atoms with van der Waals surface area (Å²) >= 11 is 0. The van der Waals surface area contributed by atoms with E-state index in [0.717, 1.165) is 12.8 Å². The van der Waals surface area contributed by atoms with Crippen molar-refractivity contribution in [2.75, 3.05) is 6.54 Å². The summed E-state index contributed by atoms with van der Waals surface area (Å²) < 4.78 is 25.3. The molecule has 1 aliphatic rings. The molecule has 0 atom stereocenters. The minimum atomic E-state index is -3.47. The second kappa shape index (κ2) is 4.57. The van der Waals surface area contributed by atoms with Crippen LogP contribution >= 0.6 is 0 Å². The largest absolute Gasteiger partial charge is 0.481 e. The Bertz CT molecular complexity index is 388. The summed E-state index contributed by atoms with van der Waals surface area (Å²) in [7, 11) is -3.47. The van der Waals surface area contributed by atoms with Gasteiger partial charge in [0.05, 0.1) is 10.2 Å². The van der Waals surface area contributed by atoms with E-state index in [4.69, 9.17) is 0 Å². The molecule has 1 fully saturated rings. The van der Waals surface area contributed by atoms with Crippen molar-refractivity contribution < 1.29 is 18.3 Å². The van der Waals surface area contributed by atoms with E-state index in [1.54, 1.807) is 20.8 Å². The normalized spacial score (nSPS) is 20.4. The summed E-state index contributed by atoms with van der Waals surface area (Å²) in [5.41, 5.74) is -0.904. The first-order valence-electron chi connectivity index (χ1n) is 5.83. The average molecular weight is 263 g/mol. The van der Waals surface area contributed by atoms with E-state index < -0.39 is 26.2 Å². The molecule has 0 saturated heterocycles. The van der Waals surface area contributed by atoms with Crippen LogP contribution in [0.15, 0.2) is 0 Å². The van der Waals surface area contributed by atoms with Gasteiger partial charge in [-0.15, -0.1) is 0 Å². The van der Waals surface area contributed by atoms with Crippen LogP contribution < -0.4 is 4.72 Å². The number of nitrogens with one attached hydrogen (secondary N) is 1. The first-order chi connectivity index (χ1) is 7.61. The SMILES string of the molecule is CC(C)(C)S(=O)(=O)NCC1(C(=O)O)CCCC1. The van der Waals surface area contributed by atoms with Crippen LogP contribution in [0.1, 0.15) is 46.5 Å². The van der Waals surface area contributed by atoms with Crippen LogP contribution in [0, 0.1) is 5.41 Å². The Morgan fingerprint density at radius 3 is 2.12 bits per heavy atom. The maximum absolute atomic E-state index is 11.9. The van der Waals surface area contributed by atoms with Gasteiger partial charge in [0.2, 0.25) is 10.0 Å². The molecule has 0 amide bonds. The summed E-state index contributed by atoms with van der Waals surface area (Å²) in [4.78, 5) is 11.3. The predicted octanol–water partition coefficient (Wildman–Crippen LogP) is 1.35. The predicted molar refractivity (Wildman–Crippen MR) is 65.2 cm³/mol. The maximum atomic E-state index is 11.9. The third-order valence-electron chi connectivity index (χ3n) is 3.42. The molecule has 17 heavy (non-hydrogen) atoms. The quantitative estimate of drug-likeness (QED) is 0.802. The fourth-order valence-corrected chi connectivity index (χ4v) is 2.87. The number of aliphatic carboxylic acids is 1. The van der Waals surface area contributed by atoms with E-state index in [2.05, 4.69) is 4.72 Å². The summed E-state index contributed by atoms with van der Waals surface area (Å²) in [5.74, 6) is -0.897. The van der Waals surface area contributed by atoms with Crippen molar-refractivity contribution in [2.45, 2.75) is 51.2 Å². The highest BCUT2D eigenvalue weighted by atomic mass is 32.2. The van der Waals surface area contributed by atoms with Gasteiger partial charge in [0, 0.05) is 6.54 Å². The fraction of sp³-hybridized carbons (Fsp3) is 0.909. The van der Waals surface area contributed by atoms with Crippen LogP contribution in [-0.2, 0) is 14.8 Å².